The summed E-state index contributed by atoms with van der Waals surface area (Å²) in [5.41, 5.74) is 2.68. The van der Waals surface area contributed by atoms with Crippen LogP contribution >= 0.6 is 45.2 Å². The van der Waals surface area contributed by atoms with E-state index in [0.29, 0.717) is 0 Å². The molecule has 0 unspecified atom stereocenters. The maximum absolute atomic E-state index is 2.65. The largest absolute Gasteiger partial charge is 0.0875 e. The monoisotopic (exact) mass is 424 g/mol. The molecule has 0 aromatic heterocycles. The van der Waals surface area contributed by atoms with Gasteiger partial charge in [0, 0.05) is 0 Å². The molecule has 0 saturated heterocycles. The Balaban J connectivity index is 5.06. The summed E-state index contributed by atoms with van der Waals surface area (Å²) in [7, 11) is -1.13. The first kappa shape index (κ1) is 14.7. The third-order valence-corrected chi connectivity index (χ3v) is 16.6. The van der Waals surface area contributed by atoms with E-state index >= 15 is 0 Å². The molecule has 13 heavy (non-hydrogen) atoms. The summed E-state index contributed by atoms with van der Waals surface area (Å²) in [6.45, 7) is 14.6. The van der Waals surface area contributed by atoms with Crippen LogP contribution in [0.4, 0.5) is 0 Å². The number of hydrogen-bond acceptors (Lipinski definition) is 0. The third kappa shape index (κ3) is 2.83. The van der Waals surface area contributed by atoms with E-state index in [1.54, 1.807) is 0 Å². The second kappa shape index (κ2) is 5.68. The molecule has 0 aromatic rings. The Kier molecular flexibility index (Phi) is 6.41. The van der Waals surface area contributed by atoms with Crippen molar-refractivity contribution in [2.45, 2.75) is 59.7 Å². The summed E-state index contributed by atoms with van der Waals surface area (Å²) < 4.78 is 0.850. The van der Waals surface area contributed by atoms with Gasteiger partial charge in [0.05, 0.1) is 9.63 Å². The van der Waals surface area contributed by atoms with Crippen LogP contribution in [0.3, 0.4) is 0 Å². The summed E-state index contributed by atoms with van der Waals surface area (Å²) in [6, 6.07) is 0. The molecule has 0 aliphatic carbocycles. The van der Waals surface area contributed by atoms with Crippen LogP contribution in [0.5, 0.6) is 0 Å². The summed E-state index contributed by atoms with van der Waals surface area (Å²) in [5, 5.41) is 0. The fourth-order valence-corrected chi connectivity index (χ4v) is 21.2. The molecule has 0 fully saturated rings. The van der Waals surface area contributed by atoms with Gasteiger partial charge in [0.2, 0.25) is 0 Å². The van der Waals surface area contributed by atoms with Crippen molar-refractivity contribution in [3.8, 4) is 0 Å². The molecule has 0 bridgehead atoms. The van der Waals surface area contributed by atoms with Crippen LogP contribution in [-0.4, -0.2) is 9.63 Å². The van der Waals surface area contributed by atoms with Gasteiger partial charge in [0.15, 0.2) is 0 Å². The molecule has 0 spiro atoms. The standard InChI is InChI=1S/C10H22I2Si/c1-7(2)13(8(3)4,9(5)6)10(11)12/h7-10H,1-6H3. The van der Waals surface area contributed by atoms with E-state index < -0.39 is 8.07 Å². The normalized spacial score (nSPS) is 13.8. The van der Waals surface area contributed by atoms with Gasteiger partial charge in [-0.1, -0.05) is 86.7 Å². The van der Waals surface area contributed by atoms with Gasteiger partial charge in [0.25, 0.3) is 0 Å². The molecule has 0 aliphatic rings. The van der Waals surface area contributed by atoms with E-state index in [0.717, 1.165) is 18.2 Å². The second-order valence-corrected chi connectivity index (χ2v) is 18.0. The lowest BCUT2D eigenvalue weighted by Crippen LogP contribution is -2.50. The molecule has 0 rings (SSSR count). The van der Waals surface area contributed by atoms with Gasteiger partial charge in [-0.15, -0.1) is 0 Å². The van der Waals surface area contributed by atoms with Gasteiger partial charge in [-0.25, -0.2) is 0 Å². The molecule has 0 radical (unpaired) electrons. The molecule has 0 nitrogen and oxygen atoms in total. The Labute approximate surface area is 112 Å². The van der Waals surface area contributed by atoms with Crippen molar-refractivity contribution in [2.75, 3.05) is 0 Å². The van der Waals surface area contributed by atoms with Crippen LogP contribution in [0.25, 0.3) is 0 Å². The Morgan fingerprint density at radius 3 is 0.923 bits per heavy atom. The zero-order valence-electron chi connectivity index (χ0n) is 9.57. The summed E-state index contributed by atoms with van der Waals surface area (Å²) in [5.74, 6) is 0. The SMILES string of the molecule is CC(C)[Si](C(C)C)(C(C)C)C(I)I. The molecule has 0 atom stereocenters. The van der Waals surface area contributed by atoms with E-state index in [-0.39, 0.29) is 0 Å². The molecule has 0 amide bonds. The average Bonchev–Trinajstić information content (AvgIpc) is 1.82. The zero-order valence-corrected chi connectivity index (χ0v) is 14.9. The molecule has 0 heterocycles. The van der Waals surface area contributed by atoms with Gasteiger partial charge in [-0.3, -0.25) is 0 Å². The van der Waals surface area contributed by atoms with Crippen molar-refractivity contribution in [3.05, 3.63) is 0 Å². The Hall–Kier alpha value is 1.68. The average molecular weight is 424 g/mol. The van der Waals surface area contributed by atoms with E-state index in [9.17, 15) is 0 Å². The minimum absolute atomic E-state index is 0.850. The second-order valence-electron chi connectivity index (χ2n) is 4.76. The first-order valence-electron chi connectivity index (χ1n) is 5.06. The lowest BCUT2D eigenvalue weighted by molar-refractivity contribution is 0.820. The summed E-state index contributed by atoms with van der Waals surface area (Å²) >= 11 is 5.30. The van der Waals surface area contributed by atoms with E-state index in [4.69, 9.17) is 0 Å². The quantitative estimate of drug-likeness (QED) is 0.322. The van der Waals surface area contributed by atoms with Gasteiger partial charge >= 0.3 is 0 Å². The Bertz CT molecular complexity index is 115. The maximum atomic E-state index is 2.65. The van der Waals surface area contributed by atoms with Crippen molar-refractivity contribution >= 4 is 53.3 Å². The van der Waals surface area contributed by atoms with Crippen molar-refractivity contribution in [2.24, 2.45) is 0 Å². The number of halogens is 2. The predicted octanol–water partition coefficient (Wildman–Crippen LogP) is 5.40. The molecular weight excluding hydrogens is 402 g/mol. The van der Waals surface area contributed by atoms with Crippen molar-refractivity contribution in [3.63, 3.8) is 0 Å². The first-order valence-corrected chi connectivity index (χ1v) is 9.86. The highest BCUT2D eigenvalue weighted by molar-refractivity contribution is 14.2. The van der Waals surface area contributed by atoms with E-state index in [1.165, 1.54) is 0 Å². The smallest absolute Gasteiger partial charge is 0.0747 e. The Morgan fingerprint density at radius 2 is 0.923 bits per heavy atom. The van der Waals surface area contributed by atoms with E-state index in [1.807, 2.05) is 0 Å². The molecule has 0 aromatic carbocycles. The van der Waals surface area contributed by atoms with E-state index in [2.05, 4.69) is 86.7 Å². The first-order chi connectivity index (χ1) is 5.77. The van der Waals surface area contributed by atoms with Crippen LogP contribution in [0.15, 0.2) is 0 Å². The third-order valence-electron chi connectivity index (χ3n) is 3.38. The molecule has 0 aliphatic heterocycles. The minimum atomic E-state index is -1.13. The highest BCUT2D eigenvalue weighted by atomic mass is 127. The van der Waals surface area contributed by atoms with Gasteiger partial charge in [-0.05, 0) is 16.6 Å². The number of alkyl halides is 2. The fraction of sp³-hybridized carbons (Fsp3) is 1.00. The maximum Gasteiger partial charge on any atom is 0.0875 e. The van der Waals surface area contributed by atoms with Crippen LogP contribution in [-0.2, 0) is 0 Å². The number of rotatable bonds is 4. The van der Waals surface area contributed by atoms with Crippen molar-refractivity contribution in [1.29, 1.82) is 0 Å². The Morgan fingerprint density at radius 1 is 0.692 bits per heavy atom. The number of hydrogen-bond donors (Lipinski definition) is 0. The van der Waals surface area contributed by atoms with Crippen molar-refractivity contribution < 1.29 is 0 Å². The minimum Gasteiger partial charge on any atom is -0.0747 e. The summed E-state index contributed by atoms with van der Waals surface area (Å²) in [4.78, 5) is 0. The van der Waals surface area contributed by atoms with Crippen LogP contribution < -0.4 is 0 Å². The molecule has 3 heteroatoms. The summed E-state index contributed by atoms with van der Waals surface area (Å²) in [6.07, 6.45) is 0. The lowest BCUT2D eigenvalue weighted by atomic mass is 10.5. The molecular formula is C10H22I2Si. The predicted molar refractivity (Wildman–Crippen MR) is 82.9 cm³/mol. The fourth-order valence-electron chi connectivity index (χ4n) is 2.76. The van der Waals surface area contributed by atoms with Crippen LogP contribution in [0.1, 0.15) is 41.5 Å². The van der Waals surface area contributed by atoms with Crippen LogP contribution in [0.2, 0.25) is 16.6 Å². The molecule has 80 valence electrons. The molecule has 0 saturated carbocycles. The zero-order chi connectivity index (χ0) is 10.8. The highest BCUT2D eigenvalue weighted by Crippen LogP contribution is 2.48. The lowest BCUT2D eigenvalue weighted by Gasteiger charge is -2.44. The van der Waals surface area contributed by atoms with Gasteiger partial charge < -0.3 is 0 Å². The van der Waals surface area contributed by atoms with Gasteiger partial charge in [0.1, 0.15) is 0 Å². The van der Waals surface area contributed by atoms with Gasteiger partial charge in [-0.2, -0.15) is 0 Å². The van der Waals surface area contributed by atoms with Crippen LogP contribution in [0, 0.1) is 0 Å². The molecule has 0 N–H and O–H groups in total. The van der Waals surface area contributed by atoms with Crippen molar-refractivity contribution in [1.82, 2.24) is 0 Å². The highest BCUT2D eigenvalue weighted by Gasteiger charge is 2.46. The topological polar surface area (TPSA) is 0 Å².